The van der Waals surface area contributed by atoms with Crippen LogP contribution in [0.25, 0.3) is 0 Å². The summed E-state index contributed by atoms with van der Waals surface area (Å²) in [5.74, 6) is 0.119. The first kappa shape index (κ1) is 20.6. The number of halogens is 1. The molecule has 4 nitrogen and oxygen atoms in total. The Morgan fingerprint density at radius 2 is 1.42 bits per heavy atom. The Morgan fingerprint density at radius 1 is 0.875 bits per heavy atom. The van der Waals surface area contributed by atoms with Gasteiger partial charge in [0.1, 0.15) is 0 Å². The zero-order valence-corrected chi connectivity index (χ0v) is 15.3. The molecule has 0 heterocycles. The van der Waals surface area contributed by atoms with Crippen molar-refractivity contribution in [2.75, 3.05) is 18.8 Å². The van der Waals surface area contributed by atoms with E-state index in [1.807, 2.05) is 60.7 Å². The van der Waals surface area contributed by atoms with E-state index in [1.54, 1.807) is 4.31 Å². The molecule has 0 fully saturated rings. The van der Waals surface area contributed by atoms with Gasteiger partial charge in [0.15, 0.2) is 0 Å². The molecule has 0 aromatic heterocycles. The highest BCUT2D eigenvalue weighted by Crippen LogP contribution is 2.12. The standard InChI is InChI=1S/C18H24N2O2S.ClH/c19-13-7-14-20(16-18-10-5-2-6-11-18)23(21,22)15-12-17-8-3-1-4-9-17;/h1-6,8-11H,7,12-16,19H2;1H. The van der Waals surface area contributed by atoms with Crippen molar-refractivity contribution in [1.82, 2.24) is 4.31 Å². The fourth-order valence-corrected chi connectivity index (χ4v) is 3.90. The molecule has 0 spiro atoms. The van der Waals surface area contributed by atoms with Crippen molar-refractivity contribution >= 4 is 22.4 Å². The summed E-state index contributed by atoms with van der Waals surface area (Å²) >= 11 is 0. The Morgan fingerprint density at radius 3 is 1.96 bits per heavy atom. The maximum atomic E-state index is 12.7. The number of aryl methyl sites for hydroxylation is 1. The summed E-state index contributed by atoms with van der Waals surface area (Å²) in [7, 11) is -3.31. The molecule has 2 aromatic rings. The molecule has 2 N–H and O–H groups in total. The van der Waals surface area contributed by atoms with E-state index in [9.17, 15) is 8.42 Å². The second kappa shape index (κ2) is 10.5. The van der Waals surface area contributed by atoms with E-state index in [1.165, 1.54) is 0 Å². The Bertz CT molecular complexity index is 679. The minimum absolute atomic E-state index is 0. The molecule has 0 bridgehead atoms. The molecule has 2 aromatic carbocycles. The molecular weight excluding hydrogens is 344 g/mol. The lowest BCUT2D eigenvalue weighted by atomic mass is 10.2. The molecule has 0 amide bonds. The predicted octanol–water partition coefficient (Wildman–Crippen LogP) is 2.83. The molecule has 132 valence electrons. The van der Waals surface area contributed by atoms with Crippen LogP contribution in [0.2, 0.25) is 0 Å². The van der Waals surface area contributed by atoms with Crippen molar-refractivity contribution in [2.45, 2.75) is 19.4 Å². The summed E-state index contributed by atoms with van der Waals surface area (Å²) in [5, 5.41) is 0. The van der Waals surface area contributed by atoms with Gasteiger partial charge in [0.05, 0.1) is 5.75 Å². The zero-order valence-electron chi connectivity index (χ0n) is 13.7. The number of nitrogens with two attached hydrogens (primary N) is 1. The smallest absolute Gasteiger partial charge is 0.214 e. The summed E-state index contributed by atoms with van der Waals surface area (Å²) in [5.41, 5.74) is 7.59. The Balaban J connectivity index is 0.00000288. The largest absolute Gasteiger partial charge is 0.330 e. The monoisotopic (exact) mass is 368 g/mol. The van der Waals surface area contributed by atoms with E-state index < -0.39 is 10.0 Å². The summed E-state index contributed by atoms with van der Waals surface area (Å²) in [6.45, 7) is 1.35. The van der Waals surface area contributed by atoms with Crippen LogP contribution in [0, 0.1) is 0 Å². The summed E-state index contributed by atoms with van der Waals surface area (Å²) in [6.07, 6.45) is 1.19. The zero-order chi connectivity index (χ0) is 16.5. The van der Waals surface area contributed by atoms with Gasteiger partial charge in [0, 0.05) is 13.1 Å². The van der Waals surface area contributed by atoms with E-state index in [4.69, 9.17) is 5.73 Å². The number of sulfonamides is 1. The summed E-state index contributed by atoms with van der Waals surface area (Å²) in [4.78, 5) is 0. The number of hydrogen-bond acceptors (Lipinski definition) is 3. The average Bonchev–Trinajstić information content (AvgIpc) is 2.58. The lowest BCUT2D eigenvalue weighted by Gasteiger charge is -2.22. The molecule has 0 radical (unpaired) electrons. The van der Waals surface area contributed by atoms with Crippen molar-refractivity contribution in [1.29, 1.82) is 0 Å². The second-order valence-electron chi connectivity index (χ2n) is 5.51. The van der Waals surface area contributed by atoms with Gasteiger partial charge in [0.25, 0.3) is 0 Å². The maximum absolute atomic E-state index is 12.7. The minimum atomic E-state index is -3.31. The third-order valence-corrected chi connectivity index (χ3v) is 5.52. The van der Waals surface area contributed by atoms with E-state index in [0.717, 1.165) is 11.1 Å². The topological polar surface area (TPSA) is 63.4 Å². The first-order chi connectivity index (χ1) is 11.1. The van der Waals surface area contributed by atoms with Gasteiger partial charge < -0.3 is 5.73 Å². The van der Waals surface area contributed by atoms with Crippen LogP contribution in [-0.2, 0) is 23.0 Å². The van der Waals surface area contributed by atoms with Crippen LogP contribution in [0.15, 0.2) is 60.7 Å². The van der Waals surface area contributed by atoms with E-state index >= 15 is 0 Å². The number of nitrogens with zero attached hydrogens (tertiary/aromatic N) is 1. The quantitative estimate of drug-likeness (QED) is 0.740. The first-order valence-electron chi connectivity index (χ1n) is 7.87. The second-order valence-corrected chi connectivity index (χ2v) is 7.60. The molecule has 6 heteroatoms. The van der Waals surface area contributed by atoms with Crippen LogP contribution >= 0.6 is 12.4 Å². The SMILES string of the molecule is Cl.NCCCN(Cc1ccccc1)S(=O)(=O)CCc1ccccc1. The van der Waals surface area contributed by atoms with Gasteiger partial charge in [-0.15, -0.1) is 12.4 Å². The van der Waals surface area contributed by atoms with Gasteiger partial charge in [-0.25, -0.2) is 8.42 Å². The molecule has 24 heavy (non-hydrogen) atoms. The molecule has 2 rings (SSSR count). The Hall–Kier alpha value is -1.40. The van der Waals surface area contributed by atoms with E-state index in [-0.39, 0.29) is 18.2 Å². The molecule has 0 saturated heterocycles. The van der Waals surface area contributed by atoms with Crippen LogP contribution in [0.5, 0.6) is 0 Å². The third-order valence-electron chi connectivity index (χ3n) is 3.70. The van der Waals surface area contributed by atoms with Gasteiger partial charge in [-0.3, -0.25) is 0 Å². The maximum Gasteiger partial charge on any atom is 0.214 e. The Labute approximate surface area is 151 Å². The molecule has 0 saturated carbocycles. The molecule has 0 unspecified atom stereocenters. The lowest BCUT2D eigenvalue weighted by Crippen LogP contribution is -2.34. The fourth-order valence-electron chi connectivity index (χ4n) is 2.39. The van der Waals surface area contributed by atoms with Gasteiger partial charge in [-0.1, -0.05) is 60.7 Å². The van der Waals surface area contributed by atoms with Crippen molar-refractivity contribution < 1.29 is 8.42 Å². The number of hydrogen-bond donors (Lipinski definition) is 1. The molecule has 0 aliphatic heterocycles. The van der Waals surface area contributed by atoms with E-state index in [0.29, 0.717) is 32.5 Å². The van der Waals surface area contributed by atoms with Gasteiger partial charge in [0.2, 0.25) is 10.0 Å². The van der Waals surface area contributed by atoms with Crippen LogP contribution < -0.4 is 5.73 Å². The van der Waals surface area contributed by atoms with E-state index in [2.05, 4.69) is 0 Å². The summed E-state index contributed by atoms with van der Waals surface area (Å²) in [6, 6.07) is 19.4. The van der Waals surface area contributed by atoms with Crippen molar-refractivity contribution in [3.63, 3.8) is 0 Å². The average molecular weight is 369 g/mol. The van der Waals surface area contributed by atoms with Crippen molar-refractivity contribution in [2.24, 2.45) is 5.73 Å². The summed E-state index contributed by atoms with van der Waals surface area (Å²) < 4.78 is 27.0. The fraction of sp³-hybridized carbons (Fsp3) is 0.333. The van der Waals surface area contributed by atoms with Crippen molar-refractivity contribution in [3.05, 3.63) is 71.8 Å². The van der Waals surface area contributed by atoms with Gasteiger partial charge >= 0.3 is 0 Å². The highest BCUT2D eigenvalue weighted by molar-refractivity contribution is 7.89. The number of benzene rings is 2. The Kier molecular flexibility index (Phi) is 9.00. The molecule has 0 aliphatic rings. The minimum Gasteiger partial charge on any atom is -0.330 e. The predicted molar refractivity (Wildman–Crippen MR) is 102 cm³/mol. The van der Waals surface area contributed by atoms with Gasteiger partial charge in [-0.2, -0.15) is 4.31 Å². The molecule has 0 aliphatic carbocycles. The highest BCUT2D eigenvalue weighted by Gasteiger charge is 2.21. The normalized spacial score (nSPS) is 11.2. The number of rotatable bonds is 9. The van der Waals surface area contributed by atoms with Crippen LogP contribution in [0.4, 0.5) is 0 Å². The molecule has 0 atom stereocenters. The first-order valence-corrected chi connectivity index (χ1v) is 9.48. The van der Waals surface area contributed by atoms with Gasteiger partial charge in [-0.05, 0) is 30.5 Å². The molecular formula is C18H25ClN2O2S. The van der Waals surface area contributed by atoms with Crippen LogP contribution in [0.1, 0.15) is 17.5 Å². The van der Waals surface area contributed by atoms with Crippen LogP contribution in [-0.4, -0.2) is 31.6 Å². The van der Waals surface area contributed by atoms with Crippen LogP contribution in [0.3, 0.4) is 0 Å². The third kappa shape index (κ3) is 6.61. The highest BCUT2D eigenvalue weighted by atomic mass is 35.5. The lowest BCUT2D eigenvalue weighted by molar-refractivity contribution is 0.401. The van der Waals surface area contributed by atoms with Crippen molar-refractivity contribution in [3.8, 4) is 0 Å².